The summed E-state index contributed by atoms with van der Waals surface area (Å²) in [7, 11) is 0. The molecule has 0 spiro atoms. The number of halogens is 1. The van der Waals surface area contributed by atoms with Crippen molar-refractivity contribution >= 4 is 41.8 Å². The fourth-order valence-corrected chi connectivity index (χ4v) is 2.70. The van der Waals surface area contributed by atoms with Crippen LogP contribution >= 0.6 is 24.0 Å². The number of rotatable bonds is 8. The second kappa shape index (κ2) is 11.7. The highest BCUT2D eigenvalue weighted by Gasteiger charge is 2.18. The van der Waals surface area contributed by atoms with Gasteiger partial charge in [0.05, 0.1) is 6.54 Å². The molecule has 1 aliphatic heterocycles. The molecule has 0 aliphatic carbocycles. The van der Waals surface area contributed by atoms with Gasteiger partial charge in [0, 0.05) is 38.2 Å². The fourth-order valence-electron chi connectivity index (χ4n) is 2.70. The van der Waals surface area contributed by atoms with E-state index in [0.717, 1.165) is 50.5 Å². The molecule has 26 heavy (non-hydrogen) atoms. The van der Waals surface area contributed by atoms with Crippen molar-refractivity contribution in [1.29, 1.82) is 0 Å². The molecule has 2 rings (SSSR count). The molecule has 1 aromatic rings. The molecule has 0 atom stereocenters. The number of benzene rings is 1. The summed E-state index contributed by atoms with van der Waals surface area (Å²) in [6, 6.07) is 7.12. The number of carbonyl (C=O) groups is 2. The first kappa shape index (κ1) is 22.2. The maximum Gasteiger partial charge on any atom is 0.248 e. The predicted molar refractivity (Wildman–Crippen MR) is 114 cm³/mol. The minimum atomic E-state index is -0.429. The van der Waals surface area contributed by atoms with E-state index in [-0.39, 0.29) is 29.9 Å². The summed E-state index contributed by atoms with van der Waals surface area (Å²) < 4.78 is 0. The van der Waals surface area contributed by atoms with Gasteiger partial charge in [-0.05, 0) is 37.5 Å². The van der Waals surface area contributed by atoms with Crippen molar-refractivity contribution in [3.05, 3.63) is 35.4 Å². The van der Waals surface area contributed by atoms with Crippen molar-refractivity contribution in [2.24, 2.45) is 10.7 Å². The number of nitrogens with two attached hydrogens (primary N) is 1. The molecule has 1 heterocycles. The molecule has 0 unspecified atom stereocenters. The third-order valence-electron chi connectivity index (χ3n) is 4.07. The molecule has 1 saturated heterocycles. The highest BCUT2D eigenvalue weighted by molar-refractivity contribution is 14.0. The maximum atomic E-state index is 11.6. The third-order valence-corrected chi connectivity index (χ3v) is 4.07. The Labute approximate surface area is 171 Å². The lowest BCUT2D eigenvalue weighted by atomic mass is 10.1. The Balaban J connectivity index is 0.00000338. The van der Waals surface area contributed by atoms with E-state index in [0.29, 0.717) is 18.5 Å². The van der Waals surface area contributed by atoms with E-state index in [2.05, 4.69) is 15.6 Å². The van der Waals surface area contributed by atoms with Crippen LogP contribution in [0.3, 0.4) is 0 Å². The number of guanidine groups is 1. The number of carbonyl (C=O) groups excluding carboxylic acids is 2. The molecule has 1 fully saturated rings. The third kappa shape index (κ3) is 7.19. The molecule has 4 N–H and O–H groups in total. The zero-order chi connectivity index (χ0) is 18.1. The van der Waals surface area contributed by atoms with Crippen LogP contribution in [-0.4, -0.2) is 48.9 Å². The maximum absolute atomic E-state index is 11.6. The molecule has 8 heteroatoms. The van der Waals surface area contributed by atoms with Gasteiger partial charge < -0.3 is 21.3 Å². The van der Waals surface area contributed by atoms with Crippen LogP contribution in [0, 0.1) is 0 Å². The fraction of sp³-hybridized carbons (Fsp3) is 0.500. The van der Waals surface area contributed by atoms with Crippen LogP contribution in [0.4, 0.5) is 0 Å². The van der Waals surface area contributed by atoms with Crippen LogP contribution in [-0.2, 0) is 11.3 Å². The number of likely N-dealkylation sites (tertiary alicyclic amines) is 1. The second-order valence-corrected chi connectivity index (χ2v) is 6.02. The average Bonchev–Trinajstić information content (AvgIpc) is 3.01. The van der Waals surface area contributed by atoms with E-state index in [1.807, 2.05) is 24.0 Å². The summed E-state index contributed by atoms with van der Waals surface area (Å²) in [5.41, 5.74) is 6.74. The number of hydrogen-bond donors (Lipinski definition) is 3. The molecule has 0 aromatic heterocycles. The summed E-state index contributed by atoms with van der Waals surface area (Å²) >= 11 is 0. The molecular formula is C18H28IN5O2. The summed E-state index contributed by atoms with van der Waals surface area (Å²) in [4.78, 5) is 29.1. The Morgan fingerprint density at radius 1 is 1.27 bits per heavy atom. The van der Waals surface area contributed by atoms with E-state index in [1.54, 1.807) is 12.1 Å². The molecule has 144 valence electrons. The number of nitrogens with one attached hydrogen (secondary N) is 2. The minimum absolute atomic E-state index is 0. The molecule has 0 bridgehead atoms. The Morgan fingerprint density at radius 2 is 2.00 bits per heavy atom. The second-order valence-electron chi connectivity index (χ2n) is 6.02. The molecule has 7 nitrogen and oxygen atoms in total. The smallest absolute Gasteiger partial charge is 0.248 e. The van der Waals surface area contributed by atoms with Gasteiger partial charge in [0.15, 0.2) is 5.96 Å². The molecule has 0 radical (unpaired) electrons. The first-order valence-electron chi connectivity index (χ1n) is 8.79. The summed E-state index contributed by atoms with van der Waals surface area (Å²) in [6.07, 6.45) is 2.56. The Kier molecular flexibility index (Phi) is 10.0. The molecule has 0 saturated carbocycles. The van der Waals surface area contributed by atoms with E-state index in [1.165, 1.54) is 0 Å². The van der Waals surface area contributed by atoms with E-state index >= 15 is 0 Å². The number of aliphatic imine (C=N–C) groups is 1. The van der Waals surface area contributed by atoms with Crippen LogP contribution in [0.25, 0.3) is 0 Å². The monoisotopic (exact) mass is 473 g/mol. The quantitative estimate of drug-likeness (QED) is 0.231. The number of primary amides is 1. The predicted octanol–water partition coefficient (Wildman–Crippen LogP) is 1.47. The zero-order valence-electron chi connectivity index (χ0n) is 15.2. The van der Waals surface area contributed by atoms with Crippen LogP contribution in [0.1, 0.15) is 42.1 Å². The Hall–Kier alpha value is -1.84. The lowest BCUT2D eigenvalue weighted by Gasteiger charge is -2.16. The van der Waals surface area contributed by atoms with Crippen molar-refractivity contribution in [3.8, 4) is 0 Å². The zero-order valence-corrected chi connectivity index (χ0v) is 17.5. The summed E-state index contributed by atoms with van der Waals surface area (Å²) in [5.74, 6) is 0.579. The van der Waals surface area contributed by atoms with E-state index in [4.69, 9.17) is 5.73 Å². The highest BCUT2D eigenvalue weighted by atomic mass is 127. The SMILES string of the molecule is CCNC(=NCc1ccc(C(N)=O)cc1)NCCCN1CCCC1=O.I. The number of nitrogens with zero attached hydrogens (tertiary/aromatic N) is 2. The van der Waals surface area contributed by atoms with Crippen molar-refractivity contribution in [3.63, 3.8) is 0 Å². The lowest BCUT2D eigenvalue weighted by molar-refractivity contribution is -0.127. The van der Waals surface area contributed by atoms with Gasteiger partial charge in [-0.1, -0.05) is 12.1 Å². The van der Waals surface area contributed by atoms with E-state index < -0.39 is 5.91 Å². The molecule has 1 aromatic carbocycles. The number of hydrogen-bond acceptors (Lipinski definition) is 3. The average molecular weight is 473 g/mol. The Bertz CT molecular complexity index is 619. The first-order valence-corrected chi connectivity index (χ1v) is 8.79. The topological polar surface area (TPSA) is 99.8 Å². The van der Waals surface area contributed by atoms with Gasteiger partial charge >= 0.3 is 0 Å². The van der Waals surface area contributed by atoms with Crippen LogP contribution in [0.5, 0.6) is 0 Å². The van der Waals surface area contributed by atoms with Crippen molar-refractivity contribution < 1.29 is 9.59 Å². The largest absolute Gasteiger partial charge is 0.366 e. The number of amides is 2. The van der Waals surface area contributed by atoms with Gasteiger partial charge in [-0.3, -0.25) is 9.59 Å². The normalized spacial score (nSPS) is 14.1. The van der Waals surface area contributed by atoms with Crippen LogP contribution in [0.2, 0.25) is 0 Å². The van der Waals surface area contributed by atoms with Gasteiger partial charge in [-0.25, -0.2) is 4.99 Å². The van der Waals surface area contributed by atoms with Gasteiger partial charge in [-0.2, -0.15) is 0 Å². The standard InChI is InChI=1S/C18H27N5O2.HI/c1-2-20-18(21-10-4-12-23-11-3-5-16(23)24)22-13-14-6-8-15(9-7-14)17(19)25;/h6-9H,2-5,10-13H2,1H3,(H2,19,25)(H2,20,21,22);1H. The van der Waals surface area contributed by atoms with Gasteiger partial charge in [-0.15, -0.1) is 24.0 Å². The van der Waals surface area contributed by atoms with E-state index in [9.17, 15) is 9.59 Å². The first-order chi connectivity index (χ1) is 12.1. The van der Waals surface area contributed by atoms with Gasteiger partial charge in [0.25, 0.3) is 0 Å². The summed E-state index contributed by atoms with van der Waals surface area (Å²) in [5, 5.41) is 6.49. The van der Waals surface area contributed by atoms with Crippen molar-refractivity contribution in [2.75, 3.05) is 26.2 Å². The molecule has 1 aliphatic rings. The lowest BCUT2D eigenvalue weighted by Crippen LogP contribution is -2.39. The van der Waals surface area contributed by atoms with Gasteiger partial charge in [0.1, 0.15) is 0 Å². The Morgan fingerprint density at radius 3 is 2.58 bits per heavy atom. The van der Waals surface area contributed by atoms with Gasteiger partial charge in [0.2, 0.25) is 11.8 Å². The molecule has 2 amide bonds. The summed E-state index contributed by atoms with van der Waals surface area (Å²) in [6.45, 7) is 5.74. The van der Waals surface area contributed by atoms with Crippen LogP contribution < -0.4 is 16.4 Å². The van der Waals surface area contributed by atoms with Crippen LogP contribution in [0.15, 0.2) is 29.3 Å². The molecular weight excluding hydrogens is 445 g/mol. The van der Waals surface area contributed by atoms with Crippen molar-refractivity contribution in [1.82, 2.24) is 15.5 Å². The van der Waals surface area contributed by atoms with Crippen molar-refractivity contribution in [2.45, 2.75) is 32.7 Å². The highest BCUT2D eigenvalue weighted by Crippen LogP contribution is 2.09. The minimum Gasteiger partial charge on any atom is -0.366 e.